The zero-order chi connectivity index (χ0) is 27.4. The van der Waals surface area contributed by atoms with Gasteiger partial charge in [0.2, 0.25) is 6.04 Å². The lowest BCUT2D eigenvalue weighted by atomic mass is 10.1. The molecule has 10 nitrogen and oxygen atoms in total. The van der Waals surface area contributed by atoms with Crippen LogP contribution in [-0.2, 0) is 16.2 Å². The van der Waals surface area contributed by atoms with Crippen molar-refractivity contribution in [2.24, 2.45) is 10.2 Å². The lowest BCUT2D eigenvalue weighted by molar-refractivity contribution is -0.126. The molecule has 2 aromatic rings. The average molecular weight is 532 g/mol. The number of anilines is 1. The molecule has 0 aromatic heterocycles. The molecule has 1 unspecified atom stereocenters. The van der Waals surface area contributed by atoms with Crippen LogP contribution in [-0.4, -0.2) is 66.9 Å². The number of nitrogens with zero attached hydrogens (tertiary/aromatic N) is 3. The third-order valence-electron chi connectivity index (χ3n) is 5.68. The van der Waals surface area contributed by atoms with Crippen molar-refractivity contribution in [3.05, 3.63) is 52.5 Å². The number of aliphatic hydroxyl groups excluding tert-OH is 1. The molecule has 200 valence electrons. The minimum absolute atomic E-state index is 0.191. The first-order valence-electron chi connectivity index (χ1n) is 12.0. The Morgan fingerprint density at radius 2 is 1.81 bits per heavy atom. The van der Waals surface area contributed by atoms with Crippen molar-refractivity contribution in [1.82, 2.24) is 10.2 Å². The van der Waals surface area contributed by atoms with E-state index in [2.05, 4.69) is 39.6 Å². The first-order chi connectivity index (χ1) is 17.7. The van der Waals surface area contributed by atoms with Crippen molar-refractivity contribution in [2.45, 2.75) is 39.8 Å². The maximum atomic E-state index is 12.8. The van der Waals surface area contributed by atoms with E-state index in [9.17, 15) is 19.5 Å². The van der Waals surface area contributed by atoms with Gasteiger partial charge in [-0.2, -0.15) is 10.2 Å². The fourth-order valence-corrected chi connectivity index (χ4v) is 3.67. The molecule has 0 aliphatic rings. The van der Waals surface area contributed by atoms with E-state index in [1.54, 1.807) is 24.3 Å². The molecule has 0 radical (unpaired) electrons. The lowest BCUT2D eigenvalue weighted by Crippen LogP contribution is -2.32. The van der Waals surface area contributed by atoms with Crippen LogP contribution < -0.4 is 15.4 Å². The predicted octanol–water partition coefficient (Wildman–Crippen LogP) is 3.98. The van der Waals surface area contributed by atoms with E-state index >= 15 is 0 Å². The average Bonchev–Trinajstić information content (AvgIpc) is 2.89. The van der Waals surface area contributed by atoms with E-state index in [0.29, 0.717) is 23.4 Å². The number of carbonyl (C=O) groups excluding carboxylic acids is 3. The Bertz CT molecular complexity index is 1100. The highest BCUT2D eigenvalue weighted by atomic mass is 35.5. The number of carbonyl (C=O) groups is 3. The Morgan fingerprint density at radius 1 is 1.14 bits per heavy atom. The highest BCUT2D eigenvalue weighted by Gasteiger charge is 2.24. The summed E-state index contributed by atoms with van der Waals surface area (Å²) in [5.74, 6) is -1.17. The predicted molar refractivity (Wildman–Crippen MR) is 143 cm³/mol. The number of hydrogen-bond acceptors (Lipinski definition) is 8. The van der Waals surface area contributed by atoms with Gasteiger partial charge in [0.1, 0.15) is 5.75 Å². The van der Waals surface area contributed by atoms with E-state index < -0.39 is 17.7 Å². The summed E-state index contributed by atoms with van der Waals surface area (Å²) in [4.78, 5) is 39.6. The van der Waals surface area contributed by atoms with Gasteiger partial charge in [-0.25, -0.2) is 0 Å². The van der Waals surface area contributed by atoms with Crippen LogP contribution in [0.15, 0.2) is 46.6 Å². The molecule has 11 heteroatoms. The van der Waals surface area contributed by atoms with Gasteiger partial charge in [0, 0.05) is 23.2 Å². The first-order valence-corrected chi connectivity index (χ1v) is 12.4. The number of rotatable bonds is 14. The summed E-state index contributed by atoms with van der Waals surface area (Å²) in [6.45, 7) is 8.56. The van der Waals surface area contributed by atoms with Gasteiger partial charge in [-0.05, 0) is 68.9 Å². The fraction of sp³-hybridized carbons (Fsp3) is 0.423. The number of hydrogen-bond donors (Lipinski definition) is 3. The number of halogens is 1. The van der Waals surface area contributed by atoms with Crippen molar-refractivity contribution >= 4 is 40.6 Å². The number of benzene rings is 2. The van der Waals surface area contributed by atoms with E-state index in [4.69, 9.17) is 16.3 Å². The highest BCUT2D eigenvalue weighted by molar-refractivity contribution is 6.31. The van der Waals surface area contributed by atoms with Crippen LogP contribution in [0.2, 0.25) is 5.02 Å². The van der Waals surface area contributed by atoms with Gasteiger partial charge < -0.3 is 25.4 Å². The molecule has 37 heavy (non-hydrogen) atoms. The number of methoxy groups -OCH3 is 1. The number of nitrogens with one attached hydrogen (secondary N) is 2. The zero-order valence-electron chi connectivity index (χ0n) is 21.6. The zero-order valence-corrected chi connectivity index (χ0v) is 22.3. The molecule has 0 spiro atoms. The Morgan fingerprint density at radius 3 is 2.38 bits per heavy atom. The standard InChI is InChI=1S/C26H34ClN5O5/c1-5-32(6-2)13-7-12-28-25(35)18-8-10-20(11-9-18)30-31-24(17(3)34)26(36)29-22-14-19(16-33)21(27)15-23(22)37-4/h8-11,14-15,24,33H,5-7,12-13,16H2,1-4H3,(H,28,35)(H,29,36). The van der Waals surface area contributed by atoms with Crippen molar-refractivity contribution in [2.75, 3.05) is 38.6 Å². The second-order valence-electron chi connectivity index (χ2n) is 8.20. The quantitative estimate of drug-likeness (QED) is 0.192. The van der Waals surface area contributed by atoms with Gasteiger partial charge in [0.15, 0.2) is 5.78 Å². The summed E-state index contributed by atoms with van der Waals surface area (Å²) in [5.41, 5.74) is 1.46. The summed E-state index contributed by atoms with van der Waals surface area (Å²) in [7, 11) is 1.40. The molecule has 0 bridgehead atoms. The van der Waals surface area contributed by atoms with Gasteiger partial charge in [0.05, 0.1) is 25.1 Å². The number of ketones is 1. The van der Waals surface area contributed by atoms with E-state index in [1.165, 1.54) is 26.2 Å². The Hall–Kier alpha value is -3.34. The van der Waals surface area contributed by atoms with Crippen molar-refractivity contribution < 1.29 is 24.2 Å². The molecule has 0 aliphatic carbocycles. The largest absolute Gasteiger partial charge is 0.495 e. The molecule has 2 amide bonds. The van der Waals surface area contributed by atoms with E-state index in [0.717, 1.165) is 26.1 Å². The maximum absolute atomic E-state index is 12.8. The van der Waals surface area contributed by atoms with Crippen LogP contribution in [0, 0.1) is 0 Å². The molecular formula is C26H34ClN5O5. The summed E-state index contributed by atoms with van der Waals surface area (Å²) >= 11 is 6.06. The SMILES string of the molecule is CCN(CC)CCCNC(=O)c1ccc(N=NC(C(C)=O)C(=O)Nc2cc(CO)c(Cl)cc2OC)cc1. The molecule has 0 saturated heterocycles. The van der Waals surface area contributed by atoms with E-state index in [1.807, 2.05) is 0 Å². The third-order valence-corrected chi connectivity index (χ3v) is 6.03. The maximum Gasteiger partial charge on any atom is 0.258 e. The smallest absolute Gasteiger partial charge is 0.258 e. The van der Waals surface area contributed by atoms with Crippen LogP contribution in [0.25, 0.3) is 0 Å². The molecule has 0 fully saturated rings. The second-order valence-corrected chi connectivity index (χ2v) is 8.61. The number of amides is 2. The molecular weight excluding hydrogens is 498 g/mol. The third kappa shape index (κ3) is 8.92. The van der Waals surface area contributed by atoms with Crippen LogP contribution in [0.4, 0.5) is 11.4 Å². The van der Waals surface area contributed by atoms with Gasteiger partial charge >= 0.3 is 0 Å². The molecule has 3 N–H and O–H groups in total. The van der Waals surface area contributed by atoms with Gasteiger partial charge in [0.25, 0.3) is 11.8 Å². The van der Waals surface area contributed by atoms with Crippen molar-refractivity contribution in [1.29, 1.82) is 0 Å². The Balaban J connectivity index is 2.03. The molecule has 2 aromatic carbocycles. The first kappa shape index (κ1) is 29.9. The normalized spacial score (nSPS) is 12.0. The van der Waals surface area contributed by atoms with Crippen LogP contribution in [0.3, 0.4) is 0 Å². The monoisotopic (exact) mass is 531 g/mol. The van der Waals surface area contributed by atoms with Crippen molar-refractivity contribution in [3.8, 4) is 5.75 Å². The fourth-order valence-electron chi connectivity index (χ4n) is 3.46. The number of azo groups is 1. The summed E-state index contributed by atoms with van der Waals surface area (Å²) in [6.07, 6.45) is 0.859. The minimum atomic E-state index is -1.41. The number of Topliss-reactive ketones (excluding diaryl/α,β-unsaturated/α-hetero) is 1. The lowest BCUT2D eigenvalue weighted by Gasteiger charge is -2.17. The molecule has 2 rings (SSSR count). The number of ether oxygens (including phenoxy) is 1. The second kappa shape index (κ2) is 15.0. The summed E-state index contributed by atoms with van der Waals surface area (Å²) in [5, 5.41) is 23.1. The summed E-state index contributed by atoms with van der Waals surface area (Å²) < 4.78 is 5.22. The Kier molecular flexibility index (Phi) is 12.1. The molecule has 0 saturated carbocycles. The minimum Gasteiger partial charge on any atom is -0.495 e. The van der Waals surface area contributed by atoms with E-state index in [-0.39, 0.29) is 29.0 Å². The molecule has 0 heterocycles. The molecule has 1 atom stereocenters. The van der Waals surface area contributed by atoms with Gasteiger partial charge in [-0.1, -0.05) is 25.4 Å². The van der Waals surface area contributed by atoms with Crippen LogP contribution in [0.1, 0.15) is 43.1 Å². The highest BCUT2D eigenvalue weighted by Crippen LogP contribution is 2.31. The van der Waals surface area contributed by atoms with Crippen molar-refractivity contribution in [3.63, 3.8) is 0 Å². The summed E-state index contributed by atoms with van der Waals surface area (Å²) in [6, 6.07) is 7.87. The number of aliphatic hydroxyl groups is 1. The van der Waals surface area contributed by atoms with Crippen LogP contribution in [0.5, 0.6) is 5.75 Å². The van der Waals surface area contributed by atoms with Gasteiger partial charge in [-0.3, -0.25) is 14.4 Å². The molecule has 0 aliphatic heterocycles. The van der Waals surface area contributed by atoms with Gasteiger partial charge in [-0.15, -0.1) is 0 Å². The van der Waals surface area contributed by atoms with Crippen LogP contribution >= 0.6 is 11.6 Å². The topological polar surface area (TPSA) is 133 Å². The Labute approximate surface area is 222 Å².